The van der Waals surface area contributed by atoms with Crippen LogP contribution in [0, 0.1) is 0 Å². The van der Waals surface area contributed by atoms with Crippen molar-refractivity contribution in [1.29, 1.82) is 0 Å². The van der Waals surface area contributed by atoms with E-state index in [9.17, 15) is 4.79 Å². The van der Waals surface area contributed by atoms with Crippen LogP contribution in [0.1, 0.15) is 13.3 Å². The predicted octanol–water partition coefficient (Wildman–Crippen LogP) is 3.31. The van der Waals surface area contributed by atoms with E-state index < -0.39 is 5.97 Å². The molecule has 2 aromatic heterocycles. The minimum Gasteiger partial charge on any atom is -0.478 e. The number of aliphatic carboxylic acids is 1. The predicted molar refractivity (Wildman–Crippen MR) is 74.3 cm³/mol. The highest BCUT2D eigenvalue weighted by Crippen LogP contribution is 2.26. The van der Waals surface area contributed by atoms with E-state index in [0.717, 1.165) is 4.88 Å². The highest BCUT2D eigenvalue weighted by Gasteiger charge is 2.09. The van der Waals surface area contributed by atoms with Crippen molar-refractivity contribution in [3.63, 3.8) is 0 Å². The van der Waals surface area contributed by atoms with Crippen LogP contribution in [-0.2, 0) is 4.79 Å². The number of aromatic nitrogens is 2. The Morgan fingerprint density at radius 1 is 1.58 bits per heavy atom. The zero-order chi connectivity index (χ0) is 13.7. The summed E-state index contributed by atoms with van der Waals surface area (Å²) in [6.07, 6.45) is 2.17. The first kappa shape index (κ1) is 13.8. The van der Waals surface area contributed by atoms with E-state index in [0.29, 0.717) is 28.9 Å². The fourth-order valence-corrected chi connectivity index (χ4v) is 2.67. The molecule has 100 valence electrons. The van der Waals surface area contributed by atoms with Crippen LogP contribution >= 0.6 is 23.1 Å². The largest absolute Gasteiger partial charge is 0.478 e. The summed E-state index contributed by atoms with van der Waals surface area (Å²) < 4.78 is 5.48. The van der Waals surface area contributed by atoms with E-state index >= 15 is 0 Å². The molecule has 0 aliphatic heterocycles. The number of thioether (sulfide) groups is 1. The SMILES string of the molecule is CCC(=CCSc1nnc(-c2cccs2)o1)C(=O)O. The molecule has 0 bridgehead atoms. The number of nitrogens with zero attached hydrogens (tertiary/aromatic N) is 2. The Morgan fingerprint density at radius 2 is 2.42 bits per heavy atom. The standard InChI is InChI=1S/C12H12N2O3S2/c1-2-8(11(15)16)5-7-19-12-14-13-10(17-12)9-4-3-6-18-9/h3-6H,2,7H2,1H3,(H,15,16). The molecule has 2 heterocycles. The lowest BCUT2D eigenvalue weighted by Gasteiger charge is -1.96. The van der Waals surface area contributed by atoms with E-state index in [1.807, 2.05) is 24.4 Å². The molecule has 0 amide bonds. The van der Waals surface area contributed by atoms with Gasteiger partial charge < -0.3 is 9.52 Å². The van der Waals surface area contributed by atoms with Gasteiger partial charge in [-0.2, -0.15) is 0 Å². The number of thiophene rings is 1. The summed E-state index contributed by atoms with van der Waals surface area (Å²) in [5.74, 6) is 0.116. The van der Waals surface area contributed by atoms with Gasteiger partial charge in [-0.3, -0.25) is 0 Å². The average Bonchev–Trinajstić information content (AvgIpc) is 3.04. The van der Waals surface area contributed by atoms with Crippen molar-refractivity contribution in [3.8, 4) is 10.8 Å². The van der Waals surface area contributed by atoms with Crippen LogP contribution in [0.4, 0.5) is 0 Å². The van der Waals surface area contributed by atoms with Gasteiger partial charge in [-0.15, -0.1) is 21.5 Å². The summed E-state index contributed by atoms with van der Waals surface area (Å²) in [5.41, 5.74) is 0.394. The second kappa shape index (κ2) is 6.53. The van der Waals surface area contributed by atoms with Gasteiger partial charge >= 0.3 is 5.97 Å². The van der Waals surface area contributed by atoms with Crippen LogP contribution in [-0.4, -0.2) is 27.0 Å². The molecule has 2 aromatic rings. The quantitative estimate of drug-likeness (QED) is 0.651. The summed E-state index contributed by atoms with van der Waals surface area (Å²) in [7, 11) is 0. The van der Waals surface area contributed by atoms with E-state index in [-0.39, 0.29) is 0 Å². The van der Waals surface area contributed by atoms with Gasteiger partial charge in [0.05, 0.1) is 4.88 Å². The Bertz CT molecular complexity index is 576. The normalized spacial score (nSPS) is 11.7. The Labute approximate surface area is 118 Å². The molecule has 0 atom stereocenters. The highest BCUT2D eigenvalue weighted by atomic mass is 32.2. The maximum atomic E-state index is 10.8. The Morgan fingerprint density at radius 3 is 3.05 bits per heavy atom. The zero-order valence-electron chi connectivity index (χ0n) is 10.2. The fourth-order valence-electron chi connectivity index (χ4n) is 1.36. The van der Waals surface area contributed by atoms with Crippen molar-refractivity contribution in [1.82, 2.24) is 10.2 Å². The number of rotatable bonds is 6. The molecule has 0 aromatic carbocycles. The van der Waals surface area contributed by atoms with Crippen molar-refractivity contribution < 1.29 is 14.3 Å². The summed E-state index contributed by atoms with van der Waals surface area (Å²) in [6, 6.07) is 3.83. The molecule has 19 heavy (non-hydrogen) atoms. The molecular weight excluding hydrogens is 284 g/mol. The maximum absolute atomic E-state index is 10.8. The molecular formula is C12H12N2O3S2. The second-order valence-electron chi connectivity index (χ2n) is 3.55. The van der Waals surface area contributed by atoms with Gasteiger partial charge in [-0.1, -0.05) is 30.8 Å². The molecule has 0 fully saturated rings. The number of carboxylic acids is 1. The number of carbonyl (C=O) groups is 1. The van der Waals surface area contributed by atoms with Crippen LogP contribution < -0.4 is 0 Å². The third-order valence-corrected chi connectivity index (χ3v) is 3.93. The molecule has 5 nitrogen and oxygen atoms in total. The van der Waals surface area contributed by atoms with Crippen molar-refractivity contribution in [2.24, 2.45) is 0 Å². The first-order valence-corrected chi connectivity index (χ1v) is 7.49. The highest BCUT2D eigenvalue weighted by molar-refractivity contribution is 7.99. The third-order valence-electron chi connectivity index (χ3n) is 2.33. The molecule has 0 spiro atoms. The third kappa shape index (κ3) is 3.68. The minimum atomic E-state index is -0.882. The summed E-state index contributed by atoms with van der Waals surface area (Å²) in [5, 5.41) is 19.1. The molecule has 7 heteroatoms. The Balaban J connectivity index is 1.96. The van der Waals surface area contributed by atoms with Gasteiger partial charge in [0, 0.05) is 11.3 Å². The molecule has 0 aliphatic carbocycles. The smallest absolute Gasteiger partial charge is 0.331 e. The summed E-state index contributed by atoms with van der Waals surface area (Å²) in [4.78, 5) is 11.7. The van der Waals surface area contributed by atoms with Crippen molar-refractivity contribution in [2.75, 3.05) is 5.75 Å². The summed E-state index contributed by atoms with van der Waals surface area (Å²) >= 11 is 2.85. The second-order valence-corrected chi connectivity index (χ2v) is 5.47. The van der Waals surface area contributed by atoms with Crippen molar-refractivity contribution in [3.05, 3.63) is 29.2 Å². The Kier molecular flexibility index (Phi) is 4.75. The first-order valence-electron chi connectivity index (χ1n) is 5.63. The number of hydrogen-bond acceptors (Lipinski definition) is 6. The lowest BCUT2D eigenvalue weighted by atomic mass is 10.2. The molecule has 1 N–H and O–H groups in total. The van der Waals surface area contributed by atoms with Crippen molar-refractivity contribution in [2.45, 2.75) is 18.6 Å². The van der Waals surface area contributed by atoms with E-state index in [1.54, 1.807) is 6.08 Å². The average molecular weight is 296 g/mol. The zero-order valence-corrected chi connectivity index (χ0v) is 11.8. The molecule has 0 unspecified atom stereocenters. The van der Waals surface area contributed by atoms with E-state index in [1.165, 1.54) is 23.1 Å². The van der Waals surface area contributed by atoms with Crippen LogP contribution in [0.5, 0.6) is 0 Å². The first-order chi connectivity index (χ1) is 9.20. The molecule has 0 radical (unpaired) electrons. The molecule has 2 rings (SSSR count). The van der Waals surface area contributed by atoms with Gasteiger partial charge in [-0.25, -0.2) is 4.79 Å². The number of carboxylic acid groups (broad SMARTS) is 1. The van der Waals surface area contributed by atoms with Crippen molar-refractivity contribution >= 4 is 29.1 Å². The van der Waals surface area contributed by atoms with Gasteiger partial charge in [0.1, 0.15) is 0 Å². The van der Waals surface area contributed by atoms with E-state index in [4.69, 9.17) is 9.52 Å². The minimum absolute atomic E-state index is 0.394. The molecule has 0 saturated carbocycles. The van der Waals surface area contributed by atoms with Gasteiger partial charge in [-0.05, 0) is 17.9 Å². The van der Waals surface area contributed by atoms with Gasteiger partial charge in [0.15, 0.2) is 0 Å². The van der Waals surface area contributed by atoms with Gasteiger partial charge in [0.25, 0.3) is 11.1 Å². The van der Waals surface area contributed by atoms with Crippen LogP contribution in [0.3, 0.4) is 0 Å². The Hall–Kier alpha value is -1.60. The number of hydrogen-bond donors (Lipinski definition) is 1. The lowest BCUT2D eigenvalue weighted by Crippen LogP contribution is -1.99. The topological polar surface area (TPSA) is 76.2 Å². The molecule has 0 saturated heterocycles. The van der Waals surface area contributed by atoms with Crippen LogP contribution in [0.2, 0.25) is 0 Å². The summed E-state index contributed by atoms with van der Waals surface area (Å²) in [6.45, 7) is 1.81. The van der Waals surface area contributed by atoms with Gasteiger partial charge in [0.2, 0.25) is 0 Å². The fraction of sp³-hybridized carbons (Fsp3) is 0.250. The van der Waals surface area contributed by atoms with E-state index in [2.05, 4.69) is 10.2 Å². The van der Waals surface area contributed by atoms with Crippen LogP contribution in [0.25, 0.3) is 10.8 Å². The lowest BCUT2D eigenvalue weighted by molar-refractivity contribution is -0.132. The van der Waals surface area contributed by atoms with Crippen LogP contribution in [0.15, 0.2) is 38.8 Å². The molecule has 0 aliphatic rings. The monoisotopic (exact) mass is 296 g/mol. The maximum Gasteiger partial charge on any atom is 0.331 e.